The molecule has 0 aliphatic carbocycles. The van der Waals surface area contributed by atoms with E-state index in [4.69, 9.17) is 14.2 Å². The second kappa shape index (κ2) is 19.2. The fourth-order valence-corrected chi connectivity index (χ4v) is 7.31. The minimum absolute atomic E-state index is 0. The van der Waals surface area contributed by atoms with Crippen molar-refractivity contribution >= 4 is 47.1 Å². The first-order chi connectivity index (χ1) is 22.1. The van der Waals surface area contributed by atoms with Crippen molar-refractivity contribution < 1.29 is 71.3 Å². The molecule has 0 radical (unpaired) electrons. The standard InChI is InChI=1S/C36H40N4O3S2.2HI/c1-37-31-7-3-5-9-33(31)44-35(37)27-29-11-15-39(16-12-29)19-21-41-23-25-43-26-24-42-22-20-40-17-13-30(14-18-40)28-36-38(2)32-8-4-6-10-34(32)45-36;;/h3-18,27-28H,19-26H2,1-2H3;2*1H/q+2;;/p-2. The van der Waals surface area contributed by atoms with Crippen LogP contribution in [0.1, 0.15) is 11.1 Å². The minimum atomic E-state index is 0. The lowest BCUT2D eigenvalue weighted by atomic mass is 10.2. The number of nitrogens with zero attached hydrogens (tertiary/aromatic N) is 4. The molecule has 0 saturated heterocycles. The van der Waals surface area contributed by atoms with Gasteiger partial charge in [0.05, 0.1) is 47.9 Å². The molecule has 0 N–H and O–H groups in total. The van der Waals surface area contributed by atoms with Crippen molar-refractivity contribution in [3.63, 3.8) is 0 Å². The number of ether oxygens (including phenoxy) is 3. The quantitative estimate of drug-likeness (QED) is 0.101. The van der Waals surface area contributed by atoms with Crippen molar-refractivity contribution in [3.8, 4) is 0 Å². The van der Waals surface area contributed by atoms with Crippen LogP contribution in [0.3, 0.4) is 0 Å². The molecule has 2 aromatic heterocycles. The number of anilines is 2. The number of pyridine rings is 2. The molecule has 2 aliphatic heterocycles. The summed E-state index contributed by atoms with van der Waals surface area (Å²) in [6, 6.07) is 25.6. The summed E-state index contributed by atoms with van der Waals surface area (Å²) >= 11 is 3.62. The van der Waals surface area contributed by atoms with Gasteiger partial charge in [-0.15, -0.1) is 0 Å². The van der Waals surface area contributed by atoms with Gasteiger partial charge in [-0.3, -0.25) is 0 Å². The minimum Gasteiger partial charge on any atom is -1.00 e. The van der Waals surface area contributed by atoms with Gasteiger partial charge in [0, 0.05) is 48.2 Å². The highest BCUT2D eigenvalue weighted by atomic mass is 127. The number of para-hydroxylation sites is 2. The van der Waals surface area contributed by atoms with E-state index in [1.54, 1.807) is 0 Å². The third kappa shape index (κ3) is 10.4. The Bertz CT molecular complexity index is 1520. The Morgan fingerprint density at radius 1 is 0.532 bits per heavy atom. The van der Waals surface area contributed by atoms with Crippen LogP contribution in [0.5, 0.6) is 0 Å². The molecule has 0 fully saturated rings. The first-order valence-electron chi connectivity index (χ1n) is 15.3. The number of aromatic nitrogens is 2. The summed E-state index contributed by atoms with van der Waals surface area (Å²) in [4.78, 5) is 7.09. The van der Waals surface area contributed by atoms with Gasteiger partial charge in [0.1, 0.15) is 13.2 Å². The average molecular weight is 895 g/mol. The van der Waals surface area contributed by atoms with E-state index in [1.165, 1.54) is 42.4 Å². The zero-order valence-electron chi connectivity index (χ0n) is 26.6. The predicted molar refractivity (Wildman–Crippen MR) is 183 cm³/mol. The van der Waals surface area contributed by atoms with Gasteiger partial charge >= 0.3 is 0 Å². The van der Waals surface area contributed by atoms with Crippen LogP contribution < -0.4 is 66.9 Å². The van der Waals surface area contributed by atoms with E-state index in [0.29, 0.717) is 39.6 Å². The van der Waals surface area contributed by atoms with Gasteiger partial charge in [0.15, 0.2) is 37.9 Å². The van der Waals surface area contributed by atoms with Crippen molar-refractivity contribution in [2.45, 2.75) is 22.9 Å². The van der Waals surface area contributed by atoms with E-state index < -0.39 is 0 Å². The Morgan fingerprint density at radius 2 is 0.894 bits per heavy atom. The number of hydrogen-bond acceptors (Lipinski definition) is 7. The lowest BCUT2D eigenvalue weighted by Gasteiger charge is -2.13. The van der Waals surface area contributed by atoms with Crippen LogP contribution >= 0.6 is 23.5 Å². The molecule has 7 nitrogen and oxygen atoms in total. The van der Waals surface area contributed by atoms with Gasteiger partial charge in [-0.2, -0.15) is 0 Å². The SMILES string of the molecule is CN1C(=Cc2cc[n+](CCOCCOCCOCC[n+]3ccc(C=C4Sc5ccccc5N4C)cc3)cc2)Sc2ccccc21.[I-].[I-]. The smallest absolute Gasteiger partial charge is 0.171 e. The number of halogens is 2. The average Bonchev–Trinajstić information content (AvgIpc) is 3.56. The molecule has 0 amide bonds. The molecule has 2 aromatic carbocycles. The fourth-order valence-electron chi connectivity index (χ4n) is 5.09. The lowest BCUT2D eigenvalue weighted by molar-refractivity contribution is -0.698. The maximum atomic E-state index is 5.76. The molecular weight excluding hydrogens is 854 g/mol. The van der Waals surface area contributed by atoms with Crippen LogP contribution in [0, 0.1) is 0 Å². The third-order valence-electron chi connectivity index (χ3n) is 7.69. The molecular formula is C36H40I2N4O3S2. The second-order valence-electron chi connectivity index (χ2n) is 10.8. The van der Waals surface area contributed by atoms with Crippen LogP contribution in [0.4, 0.5) is 11.4 Å². The second-order valence-corrected chi connectivity index (χ2v) is 12.9. The van der Waals surface area contributed by atoms with E-state index >= 15 is 0 Å². The van der Waals surface area contributed by atoms with Crippen LogP contribution in [0.2, 0.25) is 0 Å². The highest BCUT2D eigenvalue weighted by Crippen LogP contribution is 2.46. The van der Waals surface area contributed by atoms with Gasteiger partial charge in [-0.05, 0) is 47.5 Å². The van der Waals surface area contributed by atoms with Crippen molar-refractivity contribution in [2.75, 3.05) is 63.5 Å². The van der Waals surface area contributed by atoms with Crippen LogP contribution in [0.15, 0.2) is 117 Å². The highest BCUT2D eigenvalue weighted by molar-refractivity contribution is 8.04. The summed E-state index contributed by atoms with van der Waals surface area (Å²) in [5.74, 6) is 0. The molecule has 0 saturated carbocycles. The van der Waals surface area contributed by atoms with Gasteiger partial charge in [-0.1, -0.05) is 47.8 Å². The van der Waals surface area contributed by atoms with Crippen molar-refractivity contribution in [2.24, 2.45) is 0 Å². The van der Waals surface area contributed by atoms with E-state index in [1.807, 2.05) is 23.5 Å². The monoisotopic (exact) mass is 894 g/mol. The molecule has 248 valence electrons. The largest absolute Gasteiger partial charge is 1.00 e. The Morgan fingerprint density at radius 3 is 1.28 bits per heavy atom. The van der Waals surface area contributed by atoms with Crippen molar-refractivity contribution in [1.29, 1.82) is 0 Å². The predicted octanol–water partition coefficient (Wildman–Crippen LogP) is 0.101. The number of rotatable bonds is 14. The maximum Gasteiger partial charge on any atom is 0.171 e. The summed E-state index contributed by atoms with van der Waals surface area (Å²) in [5.41, 5.74) is 4.90. The first-order valence-corrected chi connectivity index (χ1v) is 16.9. The molecule has 6 rings (SSSR count). The summed E-state index contributed by atoms with van der Waals surface area (Å²) in [5, 5.41) is 2.47. The van der Waals surface area contributed by atoms with Gasteiger partial charge in [0.25, 0.3) is 0 Å². The van der Waals surface area contributed by atoms with Gasteiger partial charge in [0.2, 0.25) is 0 Å². The Labute approximate surface area is 321 Å². The van der Waals surface area contributed by atoms with Crippen LogP contribution in [-0.4, -0.2) is 53.7 Å². The van der Waals surface area contributed by atoms with Gasteiger partial charge in [-0.25, -0.2) is 9.13 Å². The van der Waals surface area contributed by atoms with E-state index in [-0.39, 0.29) is 48.0 Å². The van der Waals surface area contributed by atoms with Crippen LogP contribution in [0.25, 0.3) is 12.2 Å². The molecule has 0 bridgehead atoms. The summed E-state index contributed by atoms with van der Waals surface area (Å²) in [7, 11) is 4.24. The molecule has 2 aliphatic rings. The maximum absolute atomic E-state index is 5.76. The molecule has 11 heteroatoms. The Balaban J connectivity index is 0.00000250. The van der Waals surface area contributed by atoms with Crippen LogP contribution in [-0.2, 0) is 27.3 Å². The Hall–Kier alpha value is -2.14. The molecule has 0 atom stereocenters. The number of hydrogen-bond donors (Lipinski definition) is 0. The summed E-state index contributed by atoms with van der Waals surface area (Å²) in [6.45, 7) is 5.20. The van der Waals surface area contributed by atoms with Crippen molar-refractivity contribution in [1.82, 2.24) is 0 Å². The fraction of sp³-hybridized carbons (Fsp3) is 0.278. The molecule has 47 heavy (non-hydrogen) atoms. The van der Waals surface area contributed by atoms with E-state index in [2.05, 4.69) is 143 Å². The Kier molecular flexibility index (Phi) is 15.4. The normalized spacial score (nSPS) is 15.0. The highest BCUT2D eigenvalue weighted by Gasteiger charge is 2.22. The topological polar surface area (TPSA) is 41.9 Å². The first kappa shape index (κ1) is 37.7. The molecule has 4 aromatic rings. The van der Waals surface area contributed by atoms with Gasteiger partial charge < -0.3 is 72.0 Å². The summed E-state index contributed by atoms with van der Waals surface area (Å²) in [6.07, 6.45) is 12.9. The number of thioether (sulfide) groups is 2. The zero-order valence-corrected chi connectivity index (χ0v) is 32.6. The molecule has 0 unspecified atom stereocenters. The summed E-state index contributed by atoms with van der Waals surface area (Å²) < 4.78 is 21.5. The van der Waals surface area contributed by atoms with Crippen molar-refractivity contribution in [3.05, 3.63) is 119 Å². The number of benzene rings is 2. The van der Waals surface area contributed by atoms with E-state index in [0.717, 1.165) is 13.1 Å². The lowest BCUT2D eigenvalue weighted by Crippen LogP contribution is -3.00. The van der Waals surface area contributed by atoms with E-state index in [9.17, 15) is 0 Å². The number of fused-ring (bicyclic) bond motifs is 2. The third-order valence-corrected chi connectivity index (χ3v) is 10.0. The molecule has 0 spiro atoms. The zero-order chi connectivity index (χ0) is 30.8. The molecule has 4 heterocycles.